The molecule has 0 radical (unpaired) electrons. The number of carbonyl (C=O) groups excluding carboxylic acids is 1. The van der Waals surface area contributed by atoms with Crippen LogP contribution >= 0.6 is 0 Å². The molecule has 3 rings (SSSR count). The van der Waals surface area contributed by atoms with Gasteiger partial charge in [-0.1, -0.05) is 11.6 Å². The summed E-state index contributed by atoms with van der Waals surface area (Å²) in [5.74, 6) is -0.116. The minimum Gasteiger partial charge on any atom is -0.434 e. The van der Waals surface area contributed by atoms with Crippen molar-refractivity contribution in [2.24, 2.45) is 0 Å². The van der Waals surface area contributed by atoms with Crippen molar-refractivity contribution in [3.63, 3.8) is 0 Å². The smallest absolute Gasteiger partial charge is 0.310 e. The molecule has 0 spiro atoms. The molecule has 0 unspecified atom stereocenters. The van der Waals surface area contributed by atoms with Crippen LogP contribution in [0.1, 0.15) is 39.5 Å². The topological polar surface area (TPSA) is 38.8 Å². The van der Waals surface area contributed by atoms with Crippen LogP contribution < -0.4 is 0 Å². The summed E-state index contributed by atoms with van der Waals surface area (Å²) < 4.78 is 11.2. The molecular weight excluding hydrogens is 230 g/mol. The van der Waals surface area contributed by atoms with E-state index in [2.05, 4.69) is 24.8 Å². The third-order valence-electron chi connectivity index (χ3n) is 4.38. The van der Waals surface area contributed by atoms with Crippen LogP contribution in [-0.2, 0) is 14.3 Å². The lowest BCUT2D eigenvalue weighted by molar-refractivity contribution is -0.216. The van der Waals surface area contributed by atoms with Gasteiger partial charge in [-0.25, -0.2) is 0 Å². The van der Waals surface area contributed by atoms with E-state index in [-0.39, 0.29) is 17.8 Å². The number of ether oxygens (including phenoxy) is 2. The second-order valence-electron chi connectivity index (χ2n) is 5.91. The van der Waals surface area contributed by atoms with E-state index < -0.39 is 0 Å². The Kier molecular flexibility index (Phi) is 2.94. The quantitative estimate of drug-likeness (QED) is 0.554. The van der Waals surface area contributed by atoms with E-state index in [1.165, 1.54) is 18.4 Å². The summed E-state index contributed by atoms with van der Waals surface area (Å²) in [5, 5.41) is 0. The molecule has 0 aromatic carbocycles. The van der Waals surface area contributed by atoms with Crippen molar-refractivity contribution in [2.75, 3.05) is 13.2 Å². The van der Waals surface area contributed by atoms with Gasteiger partial charge in [0, 0.05) is 6.04 Å². The van der Waals surface area contributed by atoms with Crippen molar-refractivity contribution in [1.29, 1.82) is 0 Å². The van der Waals surface area contributed by atoms with Gasteiger partial charge in [0.15, 0.2) is 0 Å². The van der Waals surface area contributed by atoms with Crippen LogP contribution in [0.15, 0.2) is 11.6 Å². The van der Waals surface area contributed by atoms with Crippen LogP contribution in [-0.4, -0.2) is 41.9 Å². The van der Waals surface area contributed by atoms with Crippen LogP contribution in [0.25, 0.3) is 0 Å². The lowest BCUT2D eigenvalue weighted by Crippen LogP contribution is -2.61. The average Bonchev–Trinajstić information content (AvgIpc) is 2.89. The van der Waals surface area contributed by atoms with Gasteiger partial charge >= 0.3 is 5.97 Å². The van der Waals surface area contributed by atoms with E-state index in [4.69, 9.17) is 9.47 Å². The Morgan fingerprint density at radius 1 is 1.56 bits per heavy atom. The zero-order valence-electron chi connectivity index (χ0n) is 11.1. The number of hydrogen-bond acceptors (Lipinski definition) is 4. The second kappa shape index (κ2) is 4.35. The van der Waals surface area contributed by atoms with Crippen LogP contribution in [0.3, 0.4) is 0 Å². The van der Waals surface area contributed by atoms with Crippen molar-refractivity contribution in [2.45, 2.75) is 57.4 Å². The third-order valence-corrected chi connectivity index (χ3v) is 4.38. The van der Waals surface area contributed by atoms with E-state index in [1.54, 1.807) is 0 Å². The molecule has 0 saturated carbocycles. The highest BCUT2D eigenvalue weighted by Crippen LogP contribution is 2.44. The first kappa shape index (κ1) is 12.2. The van der Waals surface area contributed by atoms with Gasteiger partial charge in [-0.2, -0.15) is 0 Å². The Morgan fingerprint density at radius 3 is 3.17 bits per heavy atom. The molecule has 0 aromatic rings. The fourth-order valence-electron chi connectivity index (χ4n) is 3.49. The van der Waals surface area contributed by atoms with Crippen molar-refractivity contribution in [3.05, 3.63) is 11.6 Å². The highest BCUT2D eigenvalue weighted by molar-refractivity contribution is 5.74. The SMILES string of the molecule is CC(C)=CC[C@@]12CC(=O)O[C@@H]1OC[C@@H]1CCCN12. The summed E-state index contributed by atoms with van der Waals surface area (Å²) >= 11 is 0. The Bertz CT molecular complexity index is 389. The number of carbonyl (C=O) groups is 1. The predicted molar refractivity (Wildman–Crippen MR) is 67.0 cm³/mol. The van der Waals surface area contributed by atoms with Crippen LogP contribution in [0.5, 0.6) is 0 Å². The lowest BCUT2D eigenvalue weighted by Gasteiger charge is -2.47. The van der Waals surface area contributed by atoms with Gasteiger partial charge in [-0.15, -0.1) is 0 Å². The van der Waals surface area contributed by atoms with Gasteiger partial charge in [0.05, 0.1) is 18.6 Å². The van der Waals surface area contributed by atoms with E-state index in [0.717, 1.165) is 13.0 Å². The number of rotatable bonds is 2. The third kappa shape index (κ3) is 1.79. The number of hydrogen-bond donors (Lipinski definition) is 0. The minimum absolute atomic E-state index is 0.116. The van der Waals surface area contributed by atoms with E-state index in [1.807, 2.05) is 0 Å². The summed E-state index contributed by atoms with van der Waals surface area (Å²) in [6, 6.07) is 0.473. The number of morpholine rings is 1. The Labute approximate surface area is 108 Å². The maximum absolute atomic E-state index is 11.7. The molecule has 4 heteroatoms. The molecule has 3 saturated heterocycles. The second-order valence-corrected chi connectivity index (χ2v) is 5.91. The molecule has 3 atom stereocenters. The molecule has 3 fully saturated rings. The van der Waals surface area contributed by atoms with Crippen molar-refractivity contribution < 1.29 is 14.3 Å². The fourth-order valence-corrected chi connectivity index (χ4v) is 3.49. The molecule has 0 aromatic heterocycles. The van der Waals surface area contributed by atoms with Crippen LogP contribution in [0.4, 0.5) is 0 Å². The maximum atomic E-state index is 11.7. The Morgan fingerprint density at radius 2 is 2.39 bits per heavy atom. The van der Waals surface area contributed by atoms with Crippen LogP contribution in [0, 0.1) is 0 Å². The van der Waals surface area contributed by atoms with E-state index in [9.17, 15) is 4.79 Å². The average molecular weight is 251 g/mol. The zero-order valence-corrected chi connectivity index (χ0v) is 11.1. The normalized spacial score (nSPS) is 39.1. The summed E-state index contributed by atoms with van der Waals surface area (Å²) in [6.45, 7) is 5.95. The van der Waals surface area contributed by atoms with Gasteiger partial charge in [-0.3, -0.25) is 9.69 Å². The Balaban J connectivity index is 1.92. The maximum Gasteiger partial charge on any atom is 0.310 e. The molecule has 4 nitrogen and oxygen atoms in total. The van der Waals surface area contributed by atoms with Gasteiger partial charge < -0.3 is 9.47 Å². The first-order chi connectivity index (χ1) is 8.62. The van der Waals surface area contributed by atoms with Crippen LogP contribution in [0.2, 0.25) is 0 Å². The molecule has 100 valence electrons. The first-order valence-electron chi connectivity index (χ1n) is 6.83. The van der Waals surface area contributed by atoms with E-state index >= 15 is 0 Å². The number of allylic oxidation sites excluding steroid dienone is 1. The largest absolute Gasteiger partial charge is 0.434 e. The molecular formula is C14H21NO3. The number of fused-ring (bicyclic) bond motifs is 3. The molecule has 0 aliphatic carbocycles. The molecule has 3 aliphatic heterocycles. The van der Waals surface area contributed by atoms with Gasteiger partial charge in [0.25, 0.3) is 0 Å². The summed E-state index contributed by atoms with van der Waals surface area (Å²) in [7, 11) is 0. The van der Waals surface area contributed by atoms with Crippen molar-refractivity contribution in [3.8, 4) is 0 Å². The Hall–Kier alpha value is -0.870. The van der Waals surface area contributed by atoms with Gasteiger partial charge in [0.1, 0.15) is 0 Å². The highest BCUT2D eigenvalue weighted by Gasteiger charge is 2.58. The van der Waals surface area contributed by atoms with Gasteiger partial charge in [-0.05, 0) is 39.7 Å². The standard InChI is InChI=1S/C14H21NO3/c1-10(2)5-6-14-8-12(16)18-13(14)17-9-11-4-3-7-15(11)14/h5,11,13H,3-4,6-9H2,1-2H3/t11-,13-,14+/m0/s1. The van der Waals surface area contributed by atoms with Gasteiger partial charge in [0.2, 0.25) is 6.29 Å². The highest BCUT2D eigenvalue weighted by atomic mass is 16.7. The molecule has 0 bridgehead atoms. The molecule has 0 N–H and O–H groups in total. The fraction of sp³-hybridized carbons (Fsp3) is 0.786. The van der Waals surface area contributed by atoms with E-state index in [0.29, 0.717) is 19.1 Å². The summed E-state index contributed by atoms with van der Waals surface area (Å²) in [6.07, 6.45) is 5.54. The first-order valence-corrected chi connectivity index (χ1v) is 6.83. The molecule has 3 aliphatic rings. The van der Waals surface area contributed by atoms with Crippen molar-refractivity contribution in [1.82, 2.24) is 4.90 Å². The number of nitrogens with zero attached hydrogens (tertiary/aromatic N) is 1. The zero-order chi connectivity index (χ0) is 12.8. The minimum atomic E-state index is -0.366. The predicted octanol–water partition coefficient (Wildman–Crippen LogP) is 1.85. The molecule has 18 heavy (non-hydrogen) atoms. The van der Waals surface area contributed by atoms with Crippen molar-refractivity contribution >= 4 is 5.97 Å². The molecule has 0 amide bonds. The summed E-state index contributed by atoms with van der Waals surface area (Å²) in [5.41, 5.74) is 1.04. The molecule has 3 heterocycles. The summed E-state index contributed by atoms with van der Waals surface area (Å²) in [4.78, 5) is 14.2. The lowest BCUT2D eigenvalue weighted by atomic mass is 9.87. The number of esters is 1. The monoisotopic (exact) mass is 251 g/mol.